The molecule has 1 aliphatic carbocycles. The second-order valence-electron chi connectivity index (χ2n) is 11.0. The van der Waals surface area contributed by atoms with Crippen LogP contribution in [0, 0.1) is 5.92 Å². The molecule has 0 spiro atoms. The molecule has 3 nitrogen and oxygen atoms in total. The van der Waals surface area contributed by atoms with Crippen molar-refractivity contribution in [2.75, 3.05) is 6.61 Å². The SMILES string of the molecule is C=C(C)C(=O)OCc1cc(C2CCC(C)CC2)ccc1-c1ccc(-c2ccc(CCCO)cc2)c(CC)c1. The molecule has 38 heavy (non-hydrogen) atoms. The molecule has 0 aromatic heterocycles. The average molecular weight is 511 g/mol. The number of aliphatic hydroxyl groups excluding tert-OH is 1. The molecule has 3 heteroatoms. The highest BCUT2D eigenvalue weighted by Gasteiger charge is 2.21. The third-order valence-electron chi connectivity index (χ3n) is 8.01. The number of aryl methyl sites for hydroxylation is 2. The van der Waals surface area contributed by atoms with Crippen molar-refractivity contribution in [2.24, 2.45) is 5.92 Å². The van der Waals surface area contributed by atoms with Crippen LogP contribution in [0.4, 0.5) is 0 Å². The summed E-state index contributed by atoms with van der Waals surface area (Å²) in [5, 5.41) is 9.12. The summed E-state index contributed by atoms with van der Waals surface area (Å²) in [6.07, 6.45) is 7.60. The van der Waals surface area contributed by atoms with Crippen LogP contribution in [-0.4, -0.2) is 17.7 Å². The summed E-state index contributed by atoms with van der Waals surface area (Å²) in [5.74, 6) is 1.04. The molecule has 1 fully saturated rings. The van der Waals surface area contributed by atoms with Gasteiger partial charge in [0, 0.05) is 12.2 Å². The normalized spacial score (nSPS) is 17.3. The van der Waals surface area contributed by atoms with Crippen LogP contribution in [0.3, 0.4) is 0 Å². The highest BCUT2D eigenvalue weighted by atomic mass is 16.5. The van der Waals surface area contributed by atoms with Crippen molar-refractivity contribution in [1.82, 2.24) is 0 Å². The first kappa shape index (κ1) is 27.9. The van der Waals surface area contributed by atoms with Gasteiger partial charge in [-0.25, -0.2) is 4.79 Å². The number of ether oxygens (including phenoxy) is 1. The first-order chi connectivity index (χ1) is 18.4. The van der Waals surface area contributed by atoms with Crippen molar-refractivity contribution in [3.8, 4) is 22.3 Å². The Hall–Kier alpha value is -3.17. The van der Waals surface area contributed by atoms with Gasteiger partial charge in [-0.15, -0.1) is 0 Å². The van der Waals surface area contributed by atoms with Gasteiger partial charge in [-0.2, -0.15) is 0 Å². The van der Waals surface area contributed by atoms with E-state index in [0.29, 0.717) is 11.5 Å². The largest absolute Gasteiger partial charge is 0.457 e. The van der Waals surface area contributed by atoms with E-state index in [9.17, 15) is 4.79 Å². The van der Waals surface area contributed by atoms with Crippen LogP contribution in [-0.2, 0) is 29.0 Å². The second kappa shape index (κ2) is 13.1. The molecule has 3 aromatic carbocycles. The van der Waals surface area contributed by atoms with Crippen LogP contribution in [0.1, 0.15) is 81.0 Å². The molecule has 1 saturated carbocycles. The van der Waals surface area contributed by atoms with Crippen molar-refractivity contribution in [1.29, 1.82) is 0 Å². The van der Waals surface area contributed by atoms with Gasteiger partial charge < -0.3 is 9.84 Å². The van der Waals surface area contributed by atoms with Gasteiger partial charge in [-0.1, -0.05) is 93.9 Å². The van der Waals surface area contributed by atoms with Crippen molar-refractivity contribution < 1.29 is 14.6 Å². The van der Waals surface area contributed by atoms with E-state index in [-0.39, 0.29) is 19.2 Å². The number of aliphatic hydroxyl groups is 1. The maximum atomic E-state index is 12.2. The fraction of sp³-hybridized carbons (Fsp3) is 0.400. The summed E-state index contributed by atoms with van der Waals surface area (Å²) < 4.78 is 5.65. The predicted molar refractivity (Wildman–Crippen MR) is 157 cm³/mol. The molecule has 0 aliphatic heterocycles. The molecule has 3 aromatic rings. The Kier molecular flexibility index (Phi) is 9.58. The Bertz CT molecular complexity index is 1250. The second-order valence-corrected chi connectivity index (χ2v) is 11.0. The number of carbonyl (C=O) groups excluding carboxylic acids is 1. The molecule has 4 rings (SSSR count). The lowest BCUT2D eigenvalue weighted by Crippen LogP contribution is -2.12. The molecule has 0 amide bonds. The molecule has 0 saturated heterocycles. The molecule has 1 aliphatic rings. The van der Waals surface area contributed by atoms with E-state index in [1.807, 2.05) is 0 Å². The van der Waals surface area contributed by atoms with Gasteiger partial charge in [0.1, 0.15) is 6.61 Å². The summed E-state index contributed by atoms with van der Waals surface area (Å²) in [6.45, 7) is 10.4. The van der Waals surface area contributed by atoms with Crippen LogP contribution in [0.15, 0.2) is 72.8 Å². The first-order valence-electron chi connectivity index (χ1n) is 14.2. The lowest BCUT2D eigenvalue weighted by atomic mass is 9.78. The number of hydrogen-bond donors (Lipinski definition) is 1. The quantitative estimate of drug-likeness (QED) is 0.220. The zero-order valence-electron chi connectivity index (χ0n) is 23.3. The van der Waals surface area contributed by atoms with Crippen LogP contribution in [0.5, 0.6) is 0 Å². The van der Waals surface area contributed by atoms with E-state index in [4.69, 9.17) is 9.84 Å². The van der Waals surface area contributed by atoms with Crippen LogP contribution in [0.2, 0.25) is 0 Å². The lowest BCUT2D eigenvalue weighted by molar-refractivity contribution is -0.140. The van der Waals surface area contributed by atoms with Gasteiger partial charge in [0.05, 0.1) is 0 Å². The molecule has 200 valence electrons. The van der Waals surface area contributed by atoms with Gasteiger partial charge in [0.2, 0.25) is 0 Å². The van der Waals surface area contributed by atoms with Crippen molar-refractivity contribution >= 4 is 5.97 Å². The minimum absolute atomic E-state index is 0.221. The maximum absolute atomic E-state index is 12.2. The number of carbonyl (C=O) groups is 1. The zero-order valence-corrected chi connectivity index (χ0v) is 23.3. The molecule has 0 bridgehead atoms. The highest BCUT2D eigenvalue weighted by molar-refractivity contribution is 5.87. The lowest BCUT2D eigenvalue weighted by Gasteiger charge is -2.27. The van der Waals surface area contributed by atoms with Crippen molar-refractivity contribution in [2.45, 2.75) is 78.2 Å². The van der Waals surface area contributed by atoms with Crippen LogP contribution < -0.4 is 0 Å². The maximum Gasteiger partial charge on any atom is 0.333 e. The summed E-state index contributed by atoms with van der Waals surface area (Å²) in [4.78, 5) is 12.2. The summed E-state index contributed by atoms with van der Waals surface area (Å²) >= 11 is 0. The van der Waals surface area contributed by atoms with Gasteiger partial charge >= 0.3 is 5.97 Å². The summed E-state index contributed by atoms with van der Waals surface area (Å²) in [5.41, 5.74) is 10.1. The highest BCUT2D eigenvalue weighted by Crippen LogP contribution is 2.38. The van der Waals surface area contributed by atoms with E-state index in [2.05, 4.69) is 81.1 Å². The zero-order chi connectivity index (χ0) is 27.1. The Morgan fingerprint density at radius 3 is 2.24 bits per heavy atom. The van der Waals surface area contributed by atoms with E-state index in [0.717, 1.165) is 41.9 Å². The number of rotatable bonds is 10. The van der Waals surface area contributed by atoms with Crippen LogP contribution >= 0.6 is 0 Å². The summed E-state index contributed by atoms with van der Waals surface area (Å²) in [7, 11) is 0. The third kappa shape index (κ3) is 6.82. The predicted octanol–water partition coefficient (Wildman–Crippen LogP) is 8.42. The molecule has 1 N–H and O–H groups in total. The van der Waals surface area contributed by atoms with Gasteiger partial charge in [0.15, 0.2) is 0 Å². The van der Waals surface area contributed by atoms with Gasteiger partial charge in [0.25, 0.3) is 0 Å². The summed E-state index contributed by atoms with van der Waals surface area (Å²) in [6, 6.07) is 22.2. The van der Waals surface area contributed by atoms with Crippen LogP contribution in [0.25, 0.3) is 22.3 Å². The Labute approximate surface area is 228 Å². The van der Waals surface area contributed by atoms with Gasteiger partial charge in [-0.05, 0) is 95.4 Å². The minimum atomic E-state index is -0.347. The van der Waals surface area contributed by atoms with E-state index in [1.165, 1.54) is 53.5 Å². The van der Waals surface area contributed by atoms with Crippen molar-refractivity contribution in [3.63, 3.8) is 0 Å². The fourth-order valence-corrected chi connectivity index (χ4v) is 5.60. The Morgan fingerprint density at radius 1 is 0.921 bits per heavy atom. The van der Waals surface area contributed by atoms with E-state index in [1.54, 1.807) is 6.92 Å². The first-order valence-corrected chi connectivity index (χ1v) is 14.2. The fourth-order valence-electron chi connectivity index (χ4n) is 5.60. The Balaban J connectivity index is 1.65. The average Bonchev–Trinajstić information content (AvgIpc) is 2.95. The minimum Gasteiger partial charge on any atom is -0.457 e. The van der Waals surface area contributed by atoms with E-state index >= 15 is 0 Å². The molecule has 0 radical (unpaired) electrons. The number of hydrogen-bond acceptors (Lipinski definition) is 3. The van der Waals surface area contributed by atoms with Gasteiger partial charge in [-0.3, -0.25) is 0 Å². The smallest absolute Gasteiger partial charge is 0.333 e. The Morgan fingerprint density at radius 2 is 1.58 bits per heavy atom. The topological polar surface area (TPSA) is 46.5 Å². The standard InChI is InChI=1S/C35H42O3/c1-5-27-21-31(17-19-33(27)29-14-10-26(11-15-29)7-6-20-36)34-18-16-30(28-12-8-25(4)9-13-28)22-32(34)23-38-35(37)24(2)3/h10-11,14-19,21-22,25,28,36H,2,5-9,12-13,20,23H2,1,3-4H3. The molecular weight excluding hydrogens is 468 g/mol. The molecule has 0 heterocycles. The van der Waals surface area contributed by atoms with E-state index < -0.39 is 0 Å². The molecule has 0 unspecified atom stereocenters. The van der Waals surface area contributed by atoms with Crippen molar-refractivity contribution in [3.05, 3.63) is 95.1 Å². The number of benzene rings is 3. The monoisotopic (exact) mass is 510 g/mol. The molecule has 0 atom stereocenters. The number of esters is 1. The molecular formula is C35H42O3. The third-order valence-corrected chi connectivity index (χ3v) is 8.01.